The van der Waals surface area contributed by atoms with Gasteiger partial charge in [0.05, 0.1) is 12.1 Å². The van der Waals surface area contributed by atoms with Gasteiger partial charge in [0.15, 0.2) is 0 Å². The first-order valence-corrected chi connectivity index (χ1v) is 10.3. The van der Waals surface area contributed by atoms with Gasteiger partial charge >= 0.3 is 6.18 Å². The first-order valence-electron chi connectivity index (χ1n) is 10.3. The van der Waals surface area contributed by atoms with Crippen LogP contribution in [0.15, 0.2) is 54.6 Å². The summed E-state index contributed by atoms with van der Waals surface area (Å²) < 4.78 is 57.2. The van der Waals surface area contributed by atoms with Crippen molar-refractivity contribution < 1.29 is 22.4 Å². The maximum atomic E-state index is 14.5. The van der Waals surface area contributed by atoms with Crippen molar-refractivity contribution in [2.24, 2.45) is 0 Å². The Morgan fingerprint density at radius 1 is 1.06 bits per heavy atom. The number of alkyl halides is 4. The van der Waals surface area contributed by atoms with Crippen molar-refractivity contribution in [1.29, 1.82) is 5.26 Å². The molecule has 0 unspecified atom stereocenters. The third-order valence-corrected chi connectivity index (χ3v) is 5.38. The van der Waals surface area contributed by atoms with Crippen LogP contribution >= 0.6 is 0 Å². The lowest BCUT2D eigenvalue weighted by Crippen LogP contribution is -2.53. The molecule has 3 rings (SSSR count). The van der Waals surface area contributed by atoms with Gasteiger partial charge < -0.3 is 5.32 Å². The van der Waals surface area contributed by atoms with Crippen molar-refractivity contribution in [3.8, 4) is 17.2 Å². The van der Waals surface area contributed by atoms with E-state index in [9.17, 15) is 27.6 Å². The molecule has 0 heterocycles. The number of benzene rings is 2. The Bertz CT molecular complexity index is 989. The van der Waals surface area contributed by atoms with E-state index in [4.69, 9.17) is 0 Å². The van der Waals surface area contributed by atoms with Crippen LogP contribution in [0.4, 0.5) is 17.6 Å². The molecule has 0 radical (unpaired) electrons. The van der Waals surface area contributed by atoms with E-state index in [2.05, 4.69) is 10.6 Å². The Hall–Kier alpha value is -2.92. The highest BCUT2D eigenvalue weighted by molar-refractivity contribution is 5.83. The second kappa shape index (κ2) is 8.91. The van der Waals surface area contributed by atoms with Crippen LogP contribution in [0.2, 0.25) is 0 Å². The van der Waals surface area contributed by atoms with E-state index < -0.39 is 41.8 Å². The van der Waals surface area contributed by atoms with Gasteiger partial charge in [-0.15, -0.1) is 0 Å². The van der Waals surface area contributed by atoms with E-state index in [-0.39, 0.29) is 5.56 Å². The van der Waals surface area contributed by atoms with Crippen molar-refractivity contribution in [2.75, 3.05) is 0 Å². The Kier molecular flexibility index (Phi) is 6.61. The summed E-state index contributed by atoms with van der Waals surface area (Å²) in [5.74, 6) is -0.818. The molecular formula is C24H25F4N3O. The molecule has 2 atom stereocenters. The molecule has 1 aliphatic carbocycles. The van der Waals surface area contributed by atoms with Gasteiger partial charge in [-0.05, 0) is 43.4 Å². The van der Waals surface area contributed by atoms with Gasteiger partial charge in [0, 0.05) is 6.42 Å². The fourth-order valence-electron chi connectivity index (χ4n) is 3.62. The number of nitrogens with one attached hydrogen (secondary N) is 2. The lowest BCUT2D eigenvalue weighted by atomic mass is 9.92. The molecule has 2 N–H and O–H groups in total. The summed E-state index contributed by atoms with van der Waals surface area (Å²) in [6.45, 7) is 2.40. The summed E-state index contributed by atoms with van der Waals surface area (Å²) in [5.41, 5.74) is -2.10. The van der Waals surface area contributed by atoms with Crippen LogP contribution in [0.3, 0.4) is 0 Å². The highest BCUT2D eigenvalue weighted by Gasteiger charge is 2.48. The number of nitriles is 1. The molecule has 170 valence electrons. The molecule has 0 saturated heterocycles. The molecule has 1 fully saturated rings. The van der Waals surface area contributed by atoms with Crippen LogP contribution in [0, 0.1) is 11.3 Å². The number of rotatable bonds is 8. The predicted molar refractivity (Wildman–Crippen MR) is 113 cm³/mol. The van der Waals surface area contributed by atoms with E-state index in [1.165, 1.54) is 26.0 Å². The number of hydrogen-bond donors (Lipinski definition) is 2. The van der Waals surface area contributed by atoms with Crippen molar-refractivity contribution >= 4 is 5.91 Å². The SMILES string of the molecule is CC(C)(F)C[C@H](N[C@@H](c1ccccc1-c1ccccc1)C(F)(F)F)C(=O)NC1(C#N)CC1. The van der Waals surface area contributed by atoms with E-state index in [0.29, 0.717) is 24.0 Å². The van der Waals surface area contributed by atoms with Gasteiger partial charge in [-0.25, -0.2) is 4.39 Å². The van der Waals surface area contributed by atoms with Gasteiger partial charge in [-0.2, -0.15) is 18.4 Å². The van der Waals surface area contributed by atoms with E-state index >= 15 is 0 Å². The van der Waals surface area contributed by atoms with Crippen molar-refractivity contribution in [3.63, 3.8) is 0 Å². The van der Waals surface area contributed by atoms with Gasteiger partial charge in [-0.1, -0.05) is 54.6 Å². The van der Waals surface area contributed by atoms with Crippen molar-refractivity contribution in [2.45, 2.75) is 62.6 Å². The summed E-state index contributed by atoms with van der Waals surface area (Å²) >= 11 is 0. The van der Waals surface area contributed by atoms with Crippen molar-refractivity contribution in [3.05, 3.63) is 60.2 Å². The fraction of sp³-hybridized carbons (Fsp3) is 0.417. The van der Waals surface area contributed by atoms with Crippen LogP contribution < -0.4 is 10.6 Å². The normalized spacial score (nSPS) is 17.2. The van der Waals surface area contributed by atoms with Gasteiger partial charge in [-0.3, -0.25) is 10.1 Å². The molecule has 1 saturated carbocycles. The van der Waals surface area contributed by atoms with E-state index in [0.717, 1.165) is 0 Å². The Balaban J connectivity index is 1.98. The fourth-order valence-corrected chi connectivity index (χ4v) is 3.62. The quantitative estimate of drug-likeness (QED) is 0.545. The maximum absolute atomic E-state index is 14.5. The minimum absolute atomic E-state index is 0.0675. The molecule has 2 aromatic rings. The van der Waals surface area contributed by atoms with E-state index in [1.807, 2.05) is 6.07 Å². The molecule has 0 bridgehead atoms. The molecule has 1 aliphatic rings. The lowest BCUT2D eigenvalue weighted by Gasteiger charge is -2.31. The third kappa shape index (κ3) is 5.86. The number of halogens is 4. The molecule has 0 aliphatic heterocycles. The highest BCUT2D eigenvalue weighted by Crippen LogP contribution is 2.39. The lowest BCUT2D eigenvalue weighted by molar-refractivity contribution is -0.161. The average Bonchev–Trinajstić information content (AvgIpc) is 3.50. The number of carbonyl (C=O) groups is 1. The summed E-state index contributed by atoms with van der Waals surface area (Å²) in [4.78, 5) is 12.8. The van der Waals surface area contributed by atoms with Crippen molar-refractivity contribution in [1.82, 2.24) is 10.6 Å². The molecule has 4 nitrogen and oxygen atoms in total. The summed E-state index contributed by atoms with van der Waals surface area (Å²) in [7, 11) is 0. The van der Waals surface area contributed by atoms with Crippen LogP contribution in [-0.2, 0) is 4.79 Å². The third-order valence-electron chi connectivity index (χ3n) is 5.38. The number of nitrogens with zero attached hydrogens (tertiary/aromatic N) is 1. The first-order chi connectivity index (χ1) is 14.9. The van der Waals surface area contributed by atoms with Crippen LogP contribution in [-0.4, -0.2) is 29.3 Å². The van der Waals surface area contributed by atoms with Crippen LogP contribution in [0.5, 0.6) is 0 Å². The minimum Gasteiger partial charge on any atom is -0.336 e. The minimum atomic E-state index is -4.75. The molecule has 2 aromatic carbocycles. The molecule has 8 heteroatoms. The molecule has 1 amide bonds. The zero-order valence-electron chi connectivity index (χ0n) is 17.8. The topological polar surface area (TPSA) is 64.9 Å². The van der Waals surface area contributed by atoms with Gasteiger partial charge in [0.2, 0.25) is 5.91 Å². The smallest absolute Gasteiger partial charge is 0.336 e. The highest BCUT2D eigenvalue weighted by atomic mass is 19.4. The van der Waals surface area contributed by atoms with Crippen LogP contribution in [0.25, 0.3) is 11.1 Å². The second-order valence-electron chi connectivity index (χ2n) is 8.75. The van der Waals surface area contributed by atoms with Gasteiger partial charge in [0.25, 0.3) is 0 Å². The second-order valence-corrected chi connectivity index (χ2v) is 8.75. The molecule has 0 spiro atoms. The summed E-state index contributed by atoms with van der Waals surface area (Å²) in [6, 6.07) is 12.9. The zero-order chi connectivity index (χ0) is 23.6. The summed E-state index contributed by atoms with van der Waals surface area (Å²) in [5, 5.41) is 14.1. The van der Waals surface area contributed by atoms with E-state index in [1.54, 1.807) is 42.5 Å². The van der Waals surface area contributed by atoms with Gasteiger partial charge in [0.1, 0.15) is 17.2 Å². The molecular weight excluding hydrogens is 422 g/mol. The predicted octanol–water partition coefficient (Wildman–Crippen LogP) is 5.23. The Labute approximate surface area is 184 Å². The first kappa shape index (κ1) is 23.7. The number of hydrogen-bond acceptors (Lipinski definition) is 3. The zero-order valence-corrected chi connectivity index (χ0v) is 17.8. The Morgan fingerprint density at radius 3 is 2.19 bits per heavy atom. The monoisotopic (exact) mass is 447 g/mol. The summed E-state index contributed by atoms with van der Waals surface area (Å²) in [6.07, 6.45) is -4.40. The molecule has 0 aromatic heterocycles. The standard InChI is InChI=1S/C24H25F4N3O/c1-22(2,25)14-19(21(32)31-23(15-29)12-13-23)30-20(24(26,27)28)18-11-7-6-10-17(18)16-8-4-3-5-9-16/h3-11,19-20,30H,12-14H2,1-2H3,(H,31,32)/t19-,20-/m0/s1. The number of amides is 1. The Morgan fingerprint density at radius 2 is 1.66 bits per heavy atom. The maximum Gasteiger partial charge on any atom is 0.407 e. The number of carbonyl (C=O) groups excluding carboxylic acids is 1. The average molecular weight is 447 g/mol. The van der Waals surface area contributed by atoms with Crippen LogP contribution in [0.1, 0.15) is 44.7 Å². The largest absolute Gasteiger partial charge is 0.407 e. The molecule has 32 heavy (non-hydrogen) atoms.